The fourth-order valence-corrected chi connectivity index (χ4v) is 3.02. The number of benzene rings is 1. The first-order chi connectivity index (χ1) is 6.70. The van der Waals surface area contributed by atoms with Gasteiger partial charge < -0.3 is 4.74 Å². The van der Waals surface area contributed by atoms with E-state index in [4.69, 9.17) is 4.74 Å². The van der Waals surface area contributed by atoms with Gasteiger partial charge in [-0.25, -0.2) is 0 Å². The first-order valence-electron chi connectivity index (χ1n) is 4.22. The largest absolute Gasteiger partial charge is 0.494 e. The predicted octanol–water partition coefficient (Wildman–Crippen LogP) is 4.04. The zero-order valence-corrected chi connectivity index (χ0v) is 10.5. The number of rotatable bonds is 2. The van der Waals surface area contributed by atoms with Crippen molar-refractivity contribution in [3.05, 3.63) is 26.9 Å². The molecule has 2 rings (SSSR count). The maximum atomic E-state index is 13.0. The molecule has 0 spiro atoms. The molecule has 0 atom stereocenters. The molecule has 0 aliphatic rings. The Morgan fingerprint density at radius 1 is 1.43 bits per heavy atom. The van der Waals surface area contributed by atoms with Crippen molar-refractivity contribution in [3.8, 4) is 5.75 Å². The third-order valence-corrected chi connectivity index (χ3v) is 4.01. The summed E-state index contributed by atoms with van der Waals surface area (Å²) in [6, 6.07) is 5.35. The van der Waals surface area contributed by atoms with E-state index < -0.39 is 0 Å². The highest BCUT2D eigenvalue weighted by atomic mass is 127. The lowest BCUT2D eigenvalue weighted by Gasteiger charge is -2.03. The van der Waals surface area contributed by atoms with Crippen LogP contribution in [0, 0.1) is 8.70 Å². The Balaban J connectivity index is 2.59. The number of hydrogen-bond acceptors (Lipinski definition) is 2. The molecule has 0 N–H and O–H groups in total. The van der Waals surface area contributed by atoms with Crippen LogP contribution >= 0.6 is 33.9 Å². The number of fused-ring (bicyclic) bond motifs is 1. The molecule has 0 aliphatic heterocycles. The smallest absolute Gasteiger partial charge is 0.177 e. The molecule has 0 radical (unpaired) electrons. The zero-order valence-electron chi connectivity index (χ0n) is 7.51. The third kappa shape index (κ3) is 1.86. The molecule has 1 aromatic heterocycles. The summed E-state index contributed by atoms with van der Waals surface area (Å²) in [6.07, 6.45) is 0. The van der Waals surface area contributed by atoms with Crippen LogP contribution in [0.3, 0.4) is 0 Å². The molecule has 0 saturated heterocycles. The van der Waals surface area contributed by atoms with Gasteiger partial charge in [-0.05, 0) is 47.7 Å². The van der Waals surface area contributed by atoms with Crippen molar-refractivity contribution in [3.63, 3.8) is 0 Å². The van der Waals surface area contributed by atoms with Gasteiger partial charge in [0.25, 0.3) is 0 Å². The minimum atomic E-state index is -0.147. The number of thiophene rings is 1. The maximum Gasteiger partial charge on any atom is 0.177 e. The number of hydrogen-bond donors (Lipinski definition) is 0. The quantitative estimate of drug-likeness (QED) is 0.758. The molecule has 0 unspecified atom stereocenters. The summed E-state index contributed by atoms with van der Waals surface area (Å²) in [5, 5.41) is 0.773. The molecular formula is C10H8FIOS. The Bertz CT molecular complexity index is 466. The monoisotopic (exact) mass is 322 g/mol. The zero-order chi connectivity index (χ0) is 10.1. The minimum absolute atomic E-state index is 0.147. The number of ether oxygens (including phenoxy) is 1. The maximum absolute atomic E-state index is 13.0. The molecule has 0 amide bonds. The Morgan fingerprint density at radius 3 is 2.93 bits per heavy atom. The molecule has 0 fully saturated rings. The summed E-state index contributed by atoms with van der Waals surface area (Å²) in [6.45, 7) is 2.57. The molecule has 1 aromatic carbocycles. The summed E-state index contributed by atoms with van der Waals surface area (Å²) in [4.78, 5) is 0. The van der Waals surface area contributed by atoms with E-state index in [0.29, 0.717) is 6.61 Å². The molecule has 1 nitrogen and oxygen atoms in total. The summed E-state index contributed by atoms with van der Waals surface area (Å²) in [5.41, 5.74) is 0. The van der Waals surface area contributed by atoms with Crippen LogP contribution < -0.4 is 4.74 Å². The topological polar surface area (TPSA) is 9.23 Å². The van der Waals surface area contributed by atoms with E-state index in [1.54, 1.807) is 6.07 Å². The van der Waals surface area contributed by atoms with Crippen LogP contribution in [0.1, 0.15) is 6.92 Å². The van der Waals surface area contributed by atoms with Crippen molar-refractivity contribution >= 4 is 44.0 Å². The van der Waals surface area contributed by atoms with Gasteiger partial charge in [0.15, 0.2) is 5.13 Å². The van der Waals surface area contributed by atoms with Crippen LogP contribution in [-0.4, -0.2) is 6.61 Å². The van der Waals surface area contributed by atoms with Crippen molar-refractivity contribution in [1.82, 2.24) is 0 Å². The predicted molar refractivity (Wildman–Crippen MR) is 65.7 cm³/mol. The first-order valence-corrected chi connectivity index (χ1v) is 6.11. The van der Waals surface area contributed by atoms with Crippen LogP contribution in [0.25, 0.3) is 10.1 Å². The van der Waals surface area contributed by atoms with Crippen LogP contribution in [0.15, 0.2) is 18.2 Å². The lowest BCUT2D eigenvalue weighted by Crippen LogP contribution is -1.91. The normalized spacial score (nSPS) is 10.8. The van der Waals surface area contributed by atoms with Crippen LogP contribution in [0.4, 0.5) is 4.39 Å². The van der Waals surface area contributed by atoms with Gasteiger partial charge in [-0.2, -0.15) is 4.39 Å². The Kier molecular flexibility index (Phi) is 2.92. The molecule has 74 valence electrons. The van der Waals surface area contributed by atoms with Crippen LogP contribution in [0.5, 0.6) is 5.75 Å². The summed E-state index contributed by atoms with van der Waals surface area (Å²) < 4.78 is 20.4. The fourth-order valence-electron chi connectivity index (χ4n) is 1.30. The van der Waals surface area contributed by atoms with Gasteiger partial charge in [-0.1, -0.05) is 0 Å². The Morgan fingerprint density at radius 2 is 2.21 bits per heavy atom. The first kappa shape index (κ1) is 10.2. The van der Waals surface area contributed by atoms with Crippen LogP contribution in [-0.2, 0) is 0 Å². The third-order valence-electron chi connectivity index (χ3n) is 1.83. The van der Waals surface area contributed by atoms with E-state index >= 15 is 0 Å². The van der Waals surface area contributed by atoms with Crippen molar-refractivity contribution in [2.45, 2.75) is 6.92 Å². The molecule has 4 heteroatoms. The van der Waals surface area contributed by atoms with Crippen molar-refractivity contribution in [2.24, 2.45) is 0 Å². The second-order valence-corrected chi connectivity index (χ2v) is 4.97. The SMILES string of the molecule is CCOc1cc(I)c2sc(F)cc2c1. The van der Waals surface area contributed by atoms with Gasteiger partial charge in [-0.3, -0.25) is 0 Å². The van der Waals surface area contributed by atoms with Gasteiger partial charge in [-0.15, -0.1) is 11.3 Å². The molecule has 0 bridgehead atoms. The molecule has 2 aromatic rings. The van der Waals surface area contributed by atoms with E-state index in [9.17, 15) is 4.39 Å². The minimum Gasteiger partial charge on any atom is -0.494 e. The summed E-state index contributed by atoms with van der Waals surface area (Å²) in [7, 11) is 0. The van der Waals surface area contributed by atoms with Gasteiger partial charge >= 0.3 is 0 Å². The van der Waals surface area contributed by atoms with Gasteiger partial charge in [0.2, 0.25) is 0 Å². The summed E-state index contributed by atoms with van der Waals surface area (Å²) in [5.74, 6) is 0.808. The molecule has 0 saturated carbocycles. The Labute approximate surface area is 99.0 Å². The Hall–Kier alpha value is -0.360. The van der Waals surface area contributed by atoms with E-state index in [1.807, 2.05) is 19.1 Å². The van der Waals surface area contributed by atoms with Crippen molar-refractivity contribution in [2.75, 3.05) is 6.61 Å². The second kappa shape index (κ2) is 4.02. The van der Waals surface area contributed by atoms with E-state index in [1.165, 1.54) is 11.3 Å². The van der Waals surface area contributed by atoms with E-state index in [2.05, 4.69) is 22.6 Å². The second-order valence-electron chi connectivity index (χ2n) is 2.81. The molecule has 1 heterocycles. The van der Waals surface area contributed by atoms with Crippen molar-refractivity contribution < 1.29 is 9.13 Å². The molecule has 0 aliphatic carbocycles. The van der Waals surface area contributed by atoms with E-state index in [0.717, 1.165) is 19.4 Å². The highest BCUT2D eigenvalue weighted by Crippen LogP contribution is 2.32. The van der Waals surface area contributed by atoms with Crippen molar-refractivity contribution in [1.29, 1.82) is 0 Å². The van der Waals surface area contributed by atoms with Crippen LogP contribution in [0.2, 0.25) is 0 Å². The standard InChI is InChI=1S/C10H8FIOS/c1-2-13-7-3-6-4-9(11)14-10(6)8(12)5-7/h3-5H,2H2,1H3. The number of halogens is 2. The van der Waals surface area contributed by atoms with Gasteiger partial charge in [0.05, 0.1) is 11.3 Å². The average molecular weight is 322 g/mol. The molecule has 14 heavy (non-hydrogen) atoms. The fraction of sp³-hybridized carbons (Fsp3) is 0.200. The van der Waals surface area contributed by atoms with Gasteiger partial charge in [0, 0.05) is 8.96 Å². The molecular weight excluding hydrogens is 314 g/mol. The van der Waals surface area contributed by atoms with Gasteiger partial charge in [0.1, 0.15) is 5.75 Å². The summed E-state index contributed by atoms with van der Waals surface area (Å²) >= 11 is 3.38. The van der Waals surface area contributed by atoms with E-state index in [-0.39, 0.29) is 5.13 Å². The lowest BCUT2D eigenvalue weighted by atomic mass is 10.2. The highest BCUT2D eigenvalue weighted by molar-refractivity contribution is 14.1. The highest BCUT2D eigenvalue weighted by Gasteiger charge is 2.07. The lowest BCUT2D eigenvalue weighted by molar-refractivity contribution is 0.340. The average Bonchev–Trinajstić information content (AvgIpc) is 2.47.